The number of sulfonamides is 1. The zero-order chi connectivity index (χ0) is 20.4. The fourth-order valence-electron chi connectivity index (χ4n) is 3.33. The van der Waals surface area contributed by atoms with E-state index in [0.717, 1.165) is 31.6 Å². The van der Waals surface area contributed by atoms with Gasteiger partial charge in [0.05, 0.1) is 19.4 Å². The maximum Gasteiger partial charge on any atom is 0.208 e. The summed E-state index contributed by atoms with van der Waals surface area (Å²) >= 11 is 0. The number of hydrogen-bond acceptors (Lipinski definition) is 5. The molecule has 0 radical (unpaired) electrons. The number of aliphatic imine (C=N–C) groups is 1. The van der Waals surface area contributed by atoms with E-state index >= 15 is 0 Å². The van der Waals surface area contributed by atoms with Crippen LogP contribution < -0.4 is 20.1 Å². The van der Waals surface area contributed by atoms with Crippen molar-refractivity contribution in [2.45, 2.75) is 25.3 Å². The second-order valence-corrected chi connectivity index (χ2v) is 8.77. The van der Waals surface area contributed by atoms with Crippen LogP contribution in [0.15, 0.2) is 29.3 Å². The molecular weight excluding hydrogens is 505 g/mol. The van der Waals surface area contributed by atoms with E-state index in [9.17, 15) is 8.42 Å². The third-order valence-corrected chi connectivity index (χ3v) is 5.49. The lowest BCUT2D eigenvalue weighted by Gasteiger charge is -2.29. The molecule has 29 heavy (non-hydrogen) atoms. The van der Waals surface area contributed by atoms with Crippen molar-refractivity contribution < 1.29 is 13.2 Å². The van der Waals surface area contributed by atoms with Gasteiger partial charge in [0.1, 0.15) is 5.75 Å². The summed E-state index contributed by atoms with van der Waals surface area (Å²) in [5.74, 6) is 1.58. The Bertz CT molecular complexity index is 739. The molecule has 8 nitrogen and oxygen atoms in total. The Kier molecular flexibility index (Phi) is 11.8. The van der Waals surface area contributed by atoms with Gasteiger partial charge in [-0.3, -0.25) is 9.89 Å². The molecule has 1 saturated heterocycles. The highest BCUT2D eigenvalue weighted by molar-refractivity contribution is 14.0. The van der Waals surface area contributed by atoms with Crippen LogP contribution in [0.25, 0.3) is 0 Å². The number of halogens is 1. The summed E-state index contributed by atoms with van der Waals surface area (Å²) in [4.78, 5) is 6.76. The number of nitrogens with one attached hydrogen (secondary N) is 3. The van der Waals surface area contributed by atoms with Gasteiger partial charge in [-0.2, -0.15) is 0 Å². The number of ether oxygens (including phenoxy) is 1. The van der Waals surface area contributed by atoms with E-state index in [1.807, 2.05) is 12.1 Å². The third-order valence-electron chi connectivity index (χ3n) is 4.76. The molecule has 0 amide bonds. The number of hydrogen-bond donors (Lipinski definition) is 3. The maximum atomic E-state index is 11.1. The molecule has 1 aromatic carbocycles. The first-order valence-corrected chi connectivity index (χ1v) is 11.6. The predicted octanol–water partition coefficient (Wildman–Crippen LogP) is 1.55. The first-order chi connectivity index (χ1) is 13.4. The van der Waals surface area contributed by atoms with Gasteiger partial charge in [0.2, 0.25) is 10.0 Å². The van der Waals surface area contributed by atoms with Crippen LogP contribution in [0.2, 0.25) is 0 Å². The molecule has 2 rings (SSSR count). The second-order valence-electron chi connectivity index (χ2n) is 6.94. The van der Waals surface area contributed by atoms with Crippen LogP contribution in [-0.2, 0) is 10.0 Å². The lowest BCUT2D eigenvalue weighted by molar-refractivity contribution is 0.245. The Hall–Kier alpha value is -1.11. The van der Waals surface area contributed by atoms with Crippen LogP contribution in [0.3, 0.4) is 0 Å². The summed E-state index contributed by atoms with van der Waals surface area (Å²) in [6, 6.07) is 8.46. The van der Waals surface area contributed by atoms with Gasteiger partial charge >= 0.3 is 0 Å². The van der Waals surface area contributed by atoms with Crippen LogP contribution in [0.4, 0.5) is 0 Å². The third kappa shape index (κ3) is 9.49. The Balaban J connectivity index is 0.00000420. The van der Waals surface area contributed by atoms with Gasteiger partial charge in [0.15, 0.2) is 5.96 Å². The number of methoxy groups -OCH3 is 1. The number of likely N-dealkylation sites (tertiary alicyclic amines) is 1. The van der Waals surface area contributed by atoms with Crippen molar-refractivity contribution in [3.63, 3.8) is 0 Å². The van der Waals surface area contributed by atoms with E-state index in [1.165, 1.54) is 18.4 Å². The van der Waals surface area contributed by atoms with Gasteiger partial charge in [0.25, 0.3) is 0 Å². The topological polar surface area (TPSA) is 95.1 Å². The number of rotatable bonds is 10. The molecule has 1 aromatic rings. The Morgan fingerprint density at radius 3 is 2.59 bits per heavy atom. The minimum absolute atomic E-state index is 0. The van der Waals surface area contributed by atoms with Crippen LogP contribution in [-0.4, -0.2) is 72.4 Å². The molecule has 1 unspecified atom stereocenters. The van der Waals surface area contributed by atoms with Gasteiger partial charge in [0, 0.05) is 26.7 Å². The molecule has 3 N–H and O–H groups in total. The molecule has 0 bridgehead atoms. The van der Waals surface area contributed by atoms with Crippen LogP contribution >= 0.6 is 24.0 Å². The molecule has 0 spiro atoms. The molecule has 1 aliphatic rings. The standard InChI is InChI=1S/C19H33N5O3S.HI/c1-20-19(21-10-7-11-23-28(3,25)26)22-15-18(24-12-4-5-13-24)16-8-6-9-17(14-16)27-2;/h6,8-9,14,18,23H,4-5,7,10-13,15H2,1-3H3,(H2,20,21,22);1H. The smallest absolute Gasteiger partial charge is 0.208 e. The summed E-state index contributed by atoms with van der Waals surface area (Å²) < 4.78 is 30.1. The van der Waals surface area contributed by atoms with Crippen LogP contribution in [0, 0.1) is 0 Å². The quantitative estimate of drug-likeness (QED) is 0.181. The highest BCUT2D eigenvalue weighted by Crippen LogP contribution is 2.27. The maximum absolute atomic E-state index is 11.1. The van der Waals surface area contributed by atoms with Crippen molar-refractivity contribution >= 4 is 40.0 Å². The first-order valence-electron chi connectivity index (χ1n) is 9.70. The van der Waals surface area contributed by atoms with Gasteiger partial charge in [-0.1, -0.05) is 12.1 Å². The van der Waals surface area contributed by atoms with Gasteiger partial charge < -0.3 is 15.4 Å². The average Bonchev–Trinajstić information content (AvgIpc) is 3.20. The highest BCUT2D eigenvalue weighted by Gasteiger charge is 2.24. The lowest BCUT2D eigenvalue weighted by atomic mass is 10.1. The lowest BCUT2D eigenvalue weighted by Crippen LogP contribution is -2.43. The Morgan fingerprint density at radius 1 is 1.24 bits per heavy atom. The summed E-state index contributed by atoms with van der Waals surface area (Å²) in [5, 5.41) is 6.64. The molecule has 1 heterocycles. The first kappa shape index (κ1) is 25.9. The molecule has 1 fully saturated rings. The molecule has 0 aromatic heterocycles. The fourth-order valence-corrected chi connectivity index (χ4v) is 3.84. The molecule has 1 atom stereocenters. The summed E-state index contributed by atoms with van der Waals surface area (Å²) in [7, 11) is 0.287. The van der Waals surface area contributed by atoms with E-state index in [2.05, 4.69) is 37.4 Å². The largest absolute Gasteiger partial charge is 0.497 e. The second kappa shape index (κ2) is 13.2. The normalized spacial score (nSPS) is 16.2. The van der Waals surface area contributed by atoms with Crippen molar-refractivity contribution in [3.05, 3.63) is 29.8 Å². The van der Waals surface area contributed by atoms with E-state index in [0.29, 0.717) is 25.5 Å². The minimum atomic E-state index is -3.14. The fraction of sp³-hybridized carbons (Fsp3) is 0.632. The molecule has 0 saturated carbocycles. The monoisotopic (exact) mass is 539 g/mol. The Morgan fingerprint density at radius 2 is 1.97 bits per heavy atom. The van der Waals surface area contributed by atoms with Gasteiger partial charge in [-0.05, 0) is 50.0 Å². The average molecular weight is 539 g/mol. The van der Waals surface area contributed by atoms with E-state index in [4.69, 9.17) is 4.74 Å². The molecule has 166 valence electrons. The van der Waals surface area contributed by atoms with Crippen molar-refractivity contribution in [2.75, 3.05) is 53.1 Å². The van der Waals surface area contributed by atoms with E-state index in [-0.39, 0.29) is 30.0 Å². The predicted molar refractivity (Wildman–Crippen MR) is 129 cm³/mol. The van der Waals surface area contributed by atoms with E-state index in [1.54, 1.807) is 14.2 Å². The number of benzene rings is 1. The molecule has 10 heteroatoms. The van der Waals surface area contributed by atoms with E-state index < -0.39 is 10.0 Å². The van der Waals surface area contributed by atoms with Crippen molar-refractivity contribution in [1.82, 2.24) is 20.3 Å². The molecular formula is C19H34IN5O3S. The summed E-state index contributed by atoms with van der Waals surface area (Å²) in [6.45, 7) is 3.95. The number of guanidine groups is 1. The Labute approximate surface area is 191 Å². The van der Waals surface area contributed by atoms with Crippen LogP contribution in [0.1, 0.15) is 30.9 Å². The minimum Gasteiger partial charge on any atom is -0.497 e. The molecule has 1 aliphatic heterocycles. The SMILES string of the molecule is CN=C(NCCCNS(C)(=O)=O)NCC(c1cccc(OC)c1)N1CCCC1.I. The van der Waals surface area contributed by atoms with Crippen molar-refractivity contribution in [3.8, 4) is 5.75 Å². The summed E-state index contributed by atoms with van der Waals surface area (Å²) in [6.07, 6.45) is 4.29. The number of nitrogens with zero attached hydrogens (tertiary/aromatic N) is 2. The van der Waals surface area contributed by atoms with Crippen molar-refractivity contribution in [2.24, 2.45) is 4.99 Å². The van der Waals surface area contributed by atoms with Crippen molar-refractivity contribution in [1.29, 1.82) is 0 Å². The summed E-state index contributed by atoms with van der Waals surface area (Å²) in [5.41, 5.74) is 1.22. The highest BCUT2D eigenvalue weighted by atomic mass is 127. The zero-order valence-corrected chi connectivity index (χ0v) is 20.6. The van der Waals surface area contributed by atoms with Gasteiger partial charge in [-0.15, -0.1) is 24.0 Å². The zero-order valence-electron chi connectivity index (χ0n) is 17.5. The van der Waals surface area contributed by atoms with Crippen LogP contribution in [0.5, 0.6) is 5.75 Å². The van der Waals surface area contributed by atoms with Gasteiger partial charge in [-0.25, -0.2) is 13.1 Å². The molecule has 0 aliphatic carbocycles.